The summed E-state index contributed by atoms with van der Waals surface area (Å²) in [5.41, 5.74) is 1.56. The second-order valence-corrected chi connectivity index (χ2v) is 7.85. The third kappa shape index (κ3) is 3.79. The molecular formula is C20H31F. The summed E-state index contributed by atoms with van der Waals surface area (Å²) < 4.78 is 12.7. The van der Waals surface area contributed by atoms with Crippen LogP contribution in [0.15, 0.2) is 23.8 Å². The zero-order chi connectivity index (χ0) is 14.7. The number of allylic oxidation sites excluding steroid dienone is 4. The highest BCUT2D eigenvalue weighted by Crippen LogP contribution is 2.40. The van der Waals surface area contributed by atoms with Gasteiger partial charge >= 0.3 is 0 Å². The Hall–Kier alpha value is -0.590. The van der Waals surface area contributed by atoms with E-state index >= 15 is 0 Å². The van der Waals surface area contributed by atoms with Crippen LogP contribution in [0, 0.1) is 29.6 Å². The van der Waals surface area contributed by atoms with Crippen LogP contribution in [0.5, 0.6) is 0 Å². The van der Waals surface area contributed by atoms with Gasteiger partial charge in [-0.1, -0.05) is 38.0 Å². The Kier molecular flexibility index (Phi) is 5.19. The topological polar surface area (TPSA) is 0 Å². The lowest BCUT2D eigenvalue weighted by Gasteiger charge is -2.34. The monoisotopic (exact) mass is 290 g/mol. The van der Waals surface area contributed by atoms with Gasteiger partial charge in [0.05, 0.1) is 6.67 Å². The first kappa shape index (κ1) is 15.3. The summed E-state index contributed by atoms with van der Waals surface area (Å²) in [7, 11) is 0. The molecule has 0 spiro atoms. The Morgan fingerprint density at radius 2 is 1.71 bits per heavy atom. The Labute approximate surface area is 129 Å². The third-order valence-electron chi connectivity index (χ3n) is 6.36. The molecule has 2 fully saturated rings. The fourth-order valence-electron chi connectivity index (χ4n) is 4.67. The number of hydrogen-bond donors (Lipinski definition) is 0. The van der Waals surface area contributed by atoms with Crippen LogP contribution in [-0.2, 0) is 0 Å². The molecule has 0 saturated heterocycles. The zero-order valence-electron chi connectivity index (χ0n) is 13.6. The van der Waals surface area contributed by atoms with Crippen molar-refractivity contribution in [2.75, 3.05) is 6.67 Å². The van der Waals surface area contributed by atoms with Crippen molar-refractivity contribution in [3.05, 3.63) is 23.8 Å². The van der Waals surface area contributed by atoms with E-state index in [1.807, 2.05) is 0 Å². The molecule has 0 aliphatic heterocycles. The van der Waals surface area contributed by atoms with Crippen LogP contribution in [0.25, 0.3) is 0 Å². The lowest BCUT2D eigenvalue weighted by Crippen LogP contribution is -2.22. The van der Waals surface area contributed by atoms with Gasteiger partial charge in [-0.15, -0.1) is 0 Å². The van der Waals surface area contributed by atoms with E-state index in [0.717, 1.165) is 36.5 Å². The summed E-state index contributed by atoms with van der Waals surface area (Å²) in [6.45, 7) is 2.29. The van der Waals surface area contributed by atoms with E-state index in [1.165, 1.54) is 44.9 Å². The highest BCUT2D eigenvalue weighted by atomic mass is 19.1. The van der Waals surface area contributed by atoms with E-state index < -0.39 is 0 Å². The van der Waals surface area contributed by atoms with Crippen LogP contribution in [0.4, 0.5) is 4.39 Å². The molecule has 0 radical (unpaired) electrons. The maximum absolute atomic E-state index is 12.7. The van der Waals surface area contributed by atoms with Crippen LogP contribution < -0.4 is 0 Å². The molecule has 1 unspecified atom stereocenters. The Balaban J connectivity index is 1.50. The summed E-state index contributed by atoms with van der Waals surface area (Å²) in [5, 5.41) is 0. The first-order chi connectivity index (χ1) is 10.3. The van der Waals surface area contributed by atoms with E-state index in [9.17, 15) is 4.39 Å². The number of hydrogen-bond acceptors (Lipinski definition) is 0. The molecule has 3 aliphatic rings. The predicted octanol–water partition coefficient (Wildman–Crippen LogP) is 6.09. The standard InChI is InChI=1S/C20H31F/c1-15-2-6-17(7-3-15)19-10-12-20(13-11-19)18-8-4-16(14-21)5-9-18/h10,12-13,15-19H,2-9,11,14H2,1H3. The van der Waals surface area contributed by atoms with Crippen molar-refractivity contribution >= 4 is 0 Å². The molecule has 1 heteroatoms. The number of alkyl halides is 1. The van der Waals surface area contributed by atoms with Crippen LogP contribution in [0.3, 0.4) is 0 Å². The molecule has 3 rings (SSSR count). The molecule has 0 aromatic heterocycles. The highest BCUT2D eigenvalue weighted by molar-refractivity contribution is 5.27. The Morgan fingerprint density at radius 3 is 2.29 bits per heavy atom. The normalized spacial score (nSPS) is 40.9. The number of halogens is 1. The molecular weight excluding hydrogens is 259 g/mol. The van der Waals surface area contributed by atoms with Gasteiger partial charge < -0.3 is 0 Å². The maximum atomic E-state index is 12.7. The van der Waals surface area contributed by atoms with Gasteiger partial charge in [-0.05, 0) is 80.1 Å². The molecule has 0 N–H and O–H groups in total. The highest BCUT2D eigenvalue weighted by Gasteiger charge is 2.27. The third-order valence-corrected chi connectivity index (χ3v) is 6.36. The van der Waals surface area contributed by atoms with Gasteiger partial charge in [0, 0.05) is 0 Å². The van der Waals surface area contributed by atoms with Gasteiger partial charge in [-0.2, -0.15) is 0 Å². The summed E-state index contributed by atoms with van der Waals surface area (Å²) in [5.74, 6) is 3.74. The van der Waals surface area contributed by atoms with Gasteiger partial charge in [0.25, 0.3) is 0 Å². The van der Waals surface area contributed by atoms with Crippen LogP contribution in [0.1, 0.15) is 64.7 Å². The number of rotatable bonds is 3. The molecule has 0 heterocycles. The average Bonchev–Trinajstić information content (AvgIpc) is 2.56. The molecule has 0 nitrogen and oxygen atoms in total. The van der Waals surface area contributed by atoms with Gasteiger partial charge in [0.2, 0.25) is 0 Å². The first-order valence-corrected chi connectivity index (χ1v) is 9.20. The smallest absolute Gasteiger partial charge is 0.0922 e. The first-order valence-electron chi connectivity index (χ1n) is 9.20. The Bertz CT molecular complexity index is 379. The zero-order valence-corrected chi connectivity index (χ0v) is 13.6. The van der Waals surface area contributed by atoms with Crippen LogP contribution in [0.2, 0.25) is 0 Å². The molecule has 0 aromatic rings. The van der Waals surface area contributed by atoms with Crippen molar-refractivity contribution in [2.24, 2.45) is 29.6 Å². The molecule has 2 saturated carbocycles. The van der Waals surface area contributed by atoms with Crippen molar-refractivity contribution < 1.29 is 4.39 Å². The molecule has 0 aromatic carbocycles. The quantitative estimate of drug-likeness (QED) is 0.590. The SMILES string of the molecule is CC1CCC(C2C=CC(C3CCC(CF)CC3)=CC2)CC1. The minimum atomic E-state index is -0.107. The molecule has 21 heavy (non-hydrogen) atoms. The van der Waals surface area contributed by atoms with E-state index in [2.05, 4.69) is 25.2 Å². The molecule has 0 bridgehead atoms. The summed E-state index contributed by atoms with van der Waals surface area (Å²) in [6, 6.07) is 0. The second-order valence-electron chi connectivity index (χ2n) is 7.85. The summed E-state index contributed by atoms with van der Waals surface area (Å²) >= 11 is 0. The largest absolute Gasteiger partial charge is 0.251 e. The van der Waals surface area contributed by atoms with Gasteiger partial charge in [-0.3, -0.25) is 4.39 Å². The molecule has 0 amide bonds. The lowest BCUT2D eigenvalue weighted by molar-refractivity contribution is 0.236. The molecule has 118 valence electrons. The minimum absolute atomic E-state index is 0.107. The fraction of sp³-hybridized carbons (Fsp3) is 0.800. The lowest BCUT2D eigenvalue weighted by atomic mass is 9.72. The van der Waals surface area contributed by atoms with E-state index in [4.69, 9.17) is 0 Å². The van der Waals surface area contributed by atoms with Crippen molar-refractivity contribution in [1.82, 2.24) is 0 Å². The van der Waals surface area contributed by atoms with Gasteiger partial charge in [0.1, 0.15) is 0 Å². The minimum Gasteiger partial charge on any atom is -0.251 e. The van der Waals surface area contributed by atoms with Gasteiger partial charge in [-0.25, -0.2) is 0 Å². The molecule has 3 aliphatic carbocycles. The molecule has 1 atom stereocenters. The summed E-state index contributed by atoms with van der Waals surface area (Å²) in [4.78, 5) is 0. The Morgan fingerprint density at radius 1 is 1.00 bits per heavy atom. The van der Waals surface area contributed by atoms with E-state index in [1.54, 1.807) is 5.57 Å². The van der Waals surface area contributed by atoms with Crippen LogP contribution in [-0.4, -0.2) is 6.67 Å². The van der Waals surface area contributed by atoms with Crippen molar-refractivity contribution in [3.8, 4) is 0 Å². The van der Waals surface area contributed by atoms with Gasteiger partial charge in [0.15, 0.2) is 0 Å². The average molecular weight is 290 g/mol. The van der Waals surface area contributed by atoms with E-state index in [-0.39, 0.29) is 6.67 Å². The van der Waals surface area contributed by atoms with Crippen LogP contribution >= 0.6 is 0 Å². The summed E-state index contributed by atoms with van der Waals surface area (Å²) in [6.07, 6.45) is 19.0. The van der Waals surface area contributed by atoms with Crippen molar-refractivity contribution in [1.29, 1.82) is 0 Å². The fourth-order valence-corrected chi connectivity index (χ4v) is 4.67. The van der Waals surface area contributed by atoms with Crippen molar-refractivity contribution in [2.45, 2.75) is 64.7 Å². The van der Waals surface area contributed by atoms with Crippen molar-refractivity contribution in [3.63, 3.8) is 0 Å². The van der Waals surface area contributed by atoms with E-state index in [0.29, 0.717) is 5.92 Å². The maximum Gasteiger partial charge on any atom is 0.0922 e. The predicted molar refractivity (Wildman–Crippen MR) is 87.9 cm³/mol. The second kappa shape index (κ2) is 7.11.